The Kier molecular flexibility index (Phi) is 6.36. The van der Waals surface area contributed by atoms with Crippen LogP contribution in [0, 0.1) is 11.8 Å². The number of carbonyl (C=O) groups is 2. The normalized spacial score (nSPS) is 14.9. The SMILES string of the molecule is CC(C(=O)Nc1cccc(NC(=O)c2cccs2)c1)C1CNC1.Cl. The van der Waals surface area contributed by atoms with Crippen LogP contribution in [0.25, 0.3) is 0 Å². The molecule has 0 spiro atoms. The number of hydrogen-bond donors (Lipinski definition) is 3. The lowest BCUT2D eigenvalue weighted by Crippen LogP contribution is -2.48. The Hall–Kier alpha value is -1.89. The Morgan fingerprint density at radius 2 is 1.88 bits per heavy atom. The molecule has 1 aliphatic rings. The molecule has 0 bridgehead atoms. The Morgan fingerprint density at radius 3 is 2.46 bits per heavy atom. The van der Waals surface area contributed by atoms with Gasteiger partial charge in [-0.15, -0.1) is 23.7 Å². The molecule has 1 aromatic heterocycles. The van der Waals surface area contributed by atoms with E-state index in [1.165, 1.54) is 11.3 Å². The summed E-state index contributed by atoms with van der Waals surface area (Å²) in [5.74, 6) is 0.243. The van der Waals surface area contributed by atoms with Gasteiger partial charge in [0.25, 0.3) is 5.91 Å². The number of rotatable bonds is 5. The molecule has 1 atom stereocenters. The van der Waals surface area contributed by atoms with E-state index >= 15 is 0 Å². The molecule has 2 heterocycles. The second-order valence-corrected chi connectivity index (χ2v) is 6.66. The monoisotopic (exact) mass is 365 g/mol. The van der Waals surface area contributed by atoms with Gasteiger partial charge in [-0.1, -0.05) is 19.1 Å². The standard InChI is InChI=1S/C17H19N3O2S.ClH/c1-11(12-9-18-10-12)16(21)19-13-4-2-5-14(8-13)20-17(22)15-6-3-7-23-15;/h2-8,11-12,18H,9-10H2,1H3,(H,19,21)(H,20,22);1H. The molecule has 1 fully saturated rings. The number of benzene rings is 1. The summed E-state index contributed by atoms with van der Waals surface area (Å²) < 4.78 is 0. The Morgan fingerprint density at radius 1 is 1.17 bits per heavy atom. The summed E-state index contributed by atoms with van der Waals surface area (Å²) in [5.41, 5.74) is 1.36. The number of hydrogen-bond acceptors (Lipinski definition) is 4. The predicted octanol–water partition coefficient (Wildman–Crippen LogP) is 3.22. The van der Waals surface area contributed by atoms with Crippen molar-refractivity contribution in [3.63, 3.8) is 0 Å². The summed E-state index contributed by atoms with van der Waals surface area (Å²) >= 11 is 1.39. The van der Waals surface area contributed by atoms with Crippen LogP contribution >= 0.6 is 23.7 Å². The average Bonchev–Trinajstić information content (AvgIpc) is 3.00. The van der Waals surface area contributed by atoms with Crippen LogP contribution in [0.3, 0.4) is 0 Å². The van der Waals surface area contributed by atoms with E-state index in [1.807, 2.05) is 30.5 Å². The highest BCUT2D eigenvalue weighted by atomic mass is 35.5. The molecule has 3 rings (SSSR count). The molecule has 7 heteroatoms. The minimum atomic E-state index is -0.141. The van der Waals surface area contributed by atoms with E-state index in [4.69, 9.17) is 0 Å². The van der Waals surface area contributed by atoms with Crippen molar-refractivity contribution in [3.8, 4) is 0 Å². The highest BCUT2D eigenvalue weighted by molar-refractivity contribution is 7.12. The van der Waals surface area contributed by atoms with E-state index in [9.17, 15) is 9.59 Å². The number of anilines is 2. The molecule has 0 saturated carbocycles. The highest BCUT2D eigenvalue weighted by Gasteiger charge is 2.28. The van der Waals surface area contributed by atoms with Gasteiger partial charge in [-0.25, -0.2) is 0 Å². The van der Waals surface area contributed by atoms with Crippen LogP contribution in [-0.2, 0) is 4.79 Å². The molecular formula is C17H20ClN3O2S. The van der Waals surface area contributed by atoms with Crippen molar-refractivity contribution in [1.82, 2.24) is 5.32 Å². The average molecular weight is 366 g/mol. The molecule has 128 valence electrons. The molecule has 2 aromatic rings. The van der Waals surface area contributed by atoms with Crippen LogP contribution in [0.4, 0.5) is 11.4 Å². The summed E-state index contributed by atoms with van der Waals surface area (Å²) in [7, 11) is 0. The smallest absolute Gasteiger partial charge is 0.265 e. The molecule has 24 heavy (non-hydrogen) atoms. The van der Waals surface area contributed by atoms with Gasteiger partial charge in [-0.05, 0) is 48.7 Å². The molecule has 1 aromatic carbocycles. The second kappa shape index (κ2) is 8.28. The third-order valence-corrected chi connectivity index (χ3v) is 4.94. The number of nitrogens with one attached hydrogen (secondary N) is 3. The molecule has 0 radical (unpaired) electrons. The van der Waals surface area contributed by atoms with Crippen molar-refractivity contribution >= 4 is 46.9 Å². The van der Waals surface area contributed by atoms with Gasteiger partial charge < -0.3 is 16.0 Å². The zero-order valence-corrected chi connectivity index (χ0v) is 14.9. The predicted molar refractivity (Wildman–Crippen MR) is 100 cm³/mol. The fourth-order valence-corrected chi connectivity index (χ4v) is 3.03. The van der Waals surface area contributed by atoms with Gasteiger partial charge in [0.2, 0.25) is 5.91 Å². The van der Waals surface area contributed by atoms with Crippen LogP contribution in [-0.4, -0.2) is 24.9 Å². The molecular weight excluding hydrogens is 346 g/mol. The summed E-state index contributed by atoms with van der Waals surface area (Å²) in [6.45, 7) is 3.74. The van der Waals surface area contributed by atoms with Crippen molar-refractivity contribution < 1.29 is 9.59 Å². The minimum absolute atomic E-state index is 0. The molecule has 1 unspecified atom stereocenters. The van der Waals surface area contributed by atoms with E-state index in [0.29, 0.717) is 22.2 Å². The van der Waals surface area contributed by atoms with E-state index in [2.05, 4.69) is 16.0 Å². The molecule has 5 nitrogen and oxygen atoms in total. The Bertz CT molecular complexity index is 702. The molecule has 1 aliphatic heterocycles. The summed E-state index contributed by atoms with van der Waals surface area (Å²) in [6.07, 6.45) is 0. The number of thiophene rings is 1. The van der Waals surface area contributed by atoms with E-state index < -0.39 is 0 Å². The number of halogens is 1. The zero-order chi connectivity index (χ0) is 16.2. The second-order valence-electron chi connectivity index (χ2n) is 5.71. The van der Waals surface area contributed by atoms with Crippen molar-refractivity contribution in [2.75, 3.05) is 23.7 Å². The van der Waals surface area contributed by atoms with Gasteiger partial charge in [-0.3, -0.25) is 9.59 Å². The van der Waals surface area contributed by atoms with Crippen LogP contribution in [0.5, 0.6) is 0 Å². The highest BCUT2D eigenvalue weighted by Crippen LogP contribution is 2.21. The van der Waals surface area contributed by atoms with Gasteiger partial charge in [0.15, 0.2) is 0 Å². The zero-order valence-electron chi connectivity index (χ0n) is 13.2. The molecule has 1 saturated heterocycles. The van der Waals surface area contributed by atoms with E-state index in [-0.39, 0.29) is 30.1 Å². The Balaban J connectivity index is 0.00000208. The largest absolute Gasteiger partial charge is 0.326 e. The first-order chi connectivity index (χ1) is 11.1. The third-order valence-electron chi connectivity index (χ3n) is 4.07. The lowest BCUT2D eigenvalue weighted by molar-refractivity contribution is -0.121. The summed E-state index contributed by atoms with van der Waals surface area (Å²) in [4.78, 5) is 25.0. The fourth-order valence-electron chi connectivity index (χ4n) is 2.41. The Labute approximate surface area is 151 Å². The van der Waals surface area contributed by atoms with Crippen molar-refractivity contribution in [2.45, 2.75) is 6.92 Å². The maximum atomic E-state index is 12.2. The van der Waals surface area contributed by atoms with E-state index in [0.717, 1.165) is 13.1 Å². The van der Waals surface area contributed by atoms with Gasteiger partial charge in [0.1, 0.15) is 0 Å². The van der Waals surface area contributed by atoms with Gasteiger partial charge in [-0.2, -0.15) is 0 Å². The fraction of sp³-hybridized carbons (Fsp3) is 0.294. The van der Waals surface area contributed by atoms with Gasteiger partial charge in [0, 0.05) is 17.3 Å². The van der Waals surface area contributed by atoms with Crippen LogP contribution < -0.4 is 16.0 Å². The summed E-state index contributed by atoms with van der Waals surface area (Å²) in [5, 5.41) is 10.8. The van der Waals surface area contributed by atoms with Crippen molar-refractivity contribution in [3.05, 3.63) is 46.7 Å². The van der Waals surface area contributed by atoms with Crippen molar-refractivity contribution in [1.29, 1.82) is 0 Å². The van der Waals surface area contributed by atoms with Crippen molar-refractivity contribution in [2.24, 2.45) is 11.8 Å². The molecule has 2 amide bonds. The van der Waals surface area contributed by atoms with Crippen LogP contribution in [0.15, 0.2) is 41.8 Å². The maximum Gasteiger partial charge on any atom is 0.265 e. The van der Waals surface area contributed by atoms with E-state index in [1.54, 1.807) is 18.2 Å². The number of carbonyl (C=O) groups excluding carboxylic acids is 2. The molecule has 0 aliphatic carbocycles. The lowest BCUT2D eigenvalue weighted by Gasteiger charge is -2.31. The van der Waals surface area contributed by atoms with Gasteiger partial charge in [0.05, 0.1) is 4.88 Å². The first-order valence-corrected chi connectivity index (χ1v) is 8.48. The first kappa shape index (κ1) is 18.4. The topological polar surface area (TPSA) is 70.2 Å². The van der Waals surface area contributed by atoms with Gasteiger partial charge >= 0.3 is 0 Å². The maximum absolute atomic E-state index is 12.2. The van der Waals surface area contributed by atoms with Crippen LogP contribution in [0.1, 0.15) is 16.6 Å². The minimum Gasteiger partial charge on any atom is -0.326 e. The third kappa shape index (κ3) is 4.35. The van der Waals surface area contributed by atoms with Crippen LogP contribution in [0.2, 0.25) is 0 Å². The molecule has 3 N–H and O–H groups in total. The first-order valence-electron chi connectivity index (χ1n) is 7.60. The quantitative estimate of drug-likeness (QED) is 0.762. The lowest BCUT2D eigenvalue weighted by atomic mass is 9.88. The number of amides is 2. The summed E-state index contributed by atoms with van der Waals surface area (Å²) in [6, 6.07) is 10.8.